The minimum atomic E-state index is -1.39. The largest absolute Gasteiger partial charge is 0.480 e. The van der Waals surface area contributed by atoms with Gasteiger partial charge in [-0.1, -0.05) is 18.2 Å². The molecule has 1 aliphatic rings. The fourth-order valence-electron chi connectivity index (χ4n) is 3.52. The quantitative estimate of drug-likeness (QED) is 0.242. The molecule has 0 bridgehead atoms. The van der Waals surface area contributed by atoms with Crippen LogP contribution in [0.4, 0.5) is 9.18 Å². The lowest BCUT2D eigenvalue weighted by molar-refractivity contribution is -0.142. The van der Waals surface area contributed by atoms with Crippen LogP contribution < -0.4 is 21.1 Å². The highest BCUT2D eigenvalue weighted by molar-refractivity contribution is 8.18. The van der Waals surface area contributed by atoms with Crippen LogP contribution in [0.25, 0.3) is 6.08 Å². The maximum absolute atomic E-state index is 14.8. The van der Waals surface area contributed by atoms with Gasteiger partial charge in [0.15, 0.2) is 0 Å². The van der Waals surface area contributed by atoms with Crippen LogP contribution in [0, 0.1) is 5.82 Å². The molecule has 196 valence electrons. The van der Waals surface area contributed by atoms with Crippen LogP contribution in [0.5, 0.6) is 11.5 Å². The van der Waals surface area contributed by atoms with Gasteiger partial charge in [-0.15, -0.1) is 0 Å². The smallest absolute Gasteiger partial charge is 0.326 e. The number of nitrogens with two attached hydrogens (primary N) is 1. The molecule has 1 fully saturated rings. The number of carbonyl (C=O) groups excluding carboxylic acids is 3. The molecule has 0 radical (unpaired) electrons. The second kappa shape index (κ2) is 11.7. The number of imidazole rings is 1. The van der Waals surface area contributed by atoms with Crippen LogP contribution in [-0.4, -0.2) is 50.2 Å². The number of hydrogen-bond acceptors (Lipinski definition) is 8. The molecule has 1 saturated heterocycles. The van der Waals surface area contributed by atoms with E-state index in [0.717, 1.165) is 17.8 Å². The normalized spacial score (nSPS) is 15.7. The van der Waals surface area contributed by atoms with E-state index in [2.05, 4.69) is 20.6 Å². The zero-order valence-corrected chi connectivity index (χ0v) is 20.5. The Morgan fingerprint density at radius 2 is 1.89 bits per heavy atom. The van der Waals surface area contributed by atoms with Crippen LogP contribution in [0.15, 0.2) is 59.9 Å². The van der Waals surface area contributed by atoms with Gasteiger partial charge in [-0.05, 0) is 47.2 Å². The first-order valence-corrected chi connectivity index (χ1v) is 12.1. The Morgan fingerprint density at radius 1 is 1.16 bits per heavy atom. The van der Waals surface area contributed by atoms with Crippen molar-refractivity contribution in [3.63, 3.8) is 0 Å². The van der Waals surface area contributed by atoms with Crippen LogP contribution in [0.2, 0.25) is 0 Å². The van der Waals surface area contributed by atoms with Gasteiger partial charge in [0.25, 0.3) is 11.1 Å². The van der Waals surface area contributed by atoms with Gasteiger partial charge in [0.1, 0.15) is 23.4 Å². The summed E-state index contributed by atoms with van der Waals surface area (Å²) in [5, 5.41) is 13.6. The molecule has 0 spiro atoms. The van der Waals surface area contributed by atoms with E-state index in [9.17, 15) is 28.7 Å². The van der Waals surface area contributed by atoms with E-state index in [1.165, 1.54) is 24.7 Å². The van der Waals surface area contributed by atoms with Crippen molar-refractivity contribution in [2.24, 2.45) is 5.73 Å². The summed E-state index contributed by atoms with van der Waals surface area (Å²) in [6, 6.07) is 8.11. The maximum Gasteiger partial charge on any atom is 0.326 e. The number of aliphatic carboxylic acids is 1. The van der Waals surface area contributed by atoms with Crippen molar-refractivity contribution in [2.75, 3.05) is 0 Å². The van der Waals surface area contributed by atoms with Crippen molar-refractivity contribution in [1.29, 1.82) is 0 Å². The summed E-state index contributed by atoms with van der Waals surface area (Å²) in [6.45, 7) is 0. The summed E-state index contributed by atoms with van der Waals surface area (Å²) in [5.74, 6) is -2.63. The molecule has 2 heterocycles. The highest BCUT2D eigenvalue weighted by atomic mass is 32.2. The summed E-state index contributed by atoms with van der Waals surface area (Å²) >= 11 is 0.808. The number of ether oxygens (including phenoxy) is 1. The van der Waals surface area contributed by atoms with E-state index in [0.29, 0.717) is 17.0 Å². The van der Waals surface area contributed by atoms with E-state index in [1.807, 2.05) is 0 Å². The molecule has 1 aliphatic heterocycles. The van der Waals surface area contributed by atoms with Gasteiger partial charge in [0.05, 0.1) is 17.3 Å². The Bertz CT molecular complexity index is 1390. The first-order valence-electron chi connectivity index (χ1n) is 11.2. The highest BCUT2D eigenvalue weighted by Gasteiger charge is 2.26. The lowest BCUT2D eigenvalue weighted by Gasteiger charge is -2.18. The number of thioether (sulfide) groups is 1. The zero-order chi connectivity index (χ0) is 27.2. The van der Waals surface area contributed by atoms with Crippen molar-refractivity contribution >= 4 is 40.9 Å². The lowest BCUT2D eigenvalue weighted by atomic mass is 10.0. The lowest BCUT2D eigenvalue weighted by Crippen LogP contribution is -2.50. The SMILES string of the molecule is NC(Cc1cnc[nH]1)C(=O)NC(Cc1ccc(Oc2ccc(/C=C3/SC(=O)NC3=O)cc2)cc1F)C(=O)O. The van der Waals surface area contributed by atoms with Gasteiger partial charge in [0, 0.05) is 30.8 Å². The molecule has 3 aromatic rings. The molecule has 0 saturated carbocycles. The van der Waals surface area contributed by atoms with Gasteiger partial charge in [0.2, 0.25) is 5.91 Å². The number of aromatic amines is 1. The number of hydrogen-bond donors (Lipinski definition) is 5. The molecule has 2 unspecified atom stereocenters. The minimum absolute atomic E-state index is 0.0658. The number of carboxylic acid groups (broad SMARTS) is 1. The van der Waals surface area contributed by atoms with E-state index in [4.69, 9.17) is 10.5 Å². The maximum atomic E-state index is 14.8. The fraction of sp³-hybridized carbons (Fsp3) is 0.160. The molecule has 6 N–H and O–H groups in total. The van der Waals surface area contributed by atoms with Crippen LogP contribution in [-0.2, 0) is 27.2 Å². The monoisotopic (exact) mass is 539 g/mol. The Morgan fingerprint density at radius 3 is 2.50 bits per heavy atom. The summed E-state index contributed by atoms with van der Waals surface area (Å²) in [7, 11) is 0. The molecule has 11 nitrogen and oxygen atoms in total. The van der Waals surface area contributed by atoms with Crippen molar-refractivity contribution in [3.8, 4) is 11.5 Å². The van der Waals surface area contributed by atoms with Gasteiger partial charge in [-0.25, -0.2) is 14.2 Å². The van der Waals surface area contributed by atoms with E-state index in [-0.39, 0.29) is 29.1 Å². The summed E-state index contributed by atoms with van der Waals surface area (Å²) in [6.07, 6.45) is 4.33. The number of aromatic nitrogens is 2. The number of imide groups is 1. The highest BCUT2D eigenvalue weighted by Crippen LogP contribution is 2.28. The molecule has 38 heavy (non-hydrogen) atoms. The van der Waals surface area contributed by atoms with Gasteiger partial charge < -0.3 is 25.9 Å². The second-order valence-corrected chi connectivity index (χ2v) is 9.28. The average molecular weight is 540 g/mol. The Hall–Kier alpha value is -4.49. The predicted octanol–water partition coefficient (Wildman–Crippen LogP) is 2.35. The number of amides is 3. The van der Waals surface area contributed by atoms with E-state index < -0.39 is 40.9 Å². The summed E-state index contributed by atoms with van der Waals surface area (Å²) < 4.78 is 20.5. The van der Waals surface area contributed by atoms with Gasteiger partial charge >= 0.3 is 5.97 Å². The fourth-order valence-corrected chi connectivity index (χ4v) is 4.20. The average Bonchev–Trinajstić information content (AvgIpc) is 3.49. The van der Waals surface area contributed by atoms with Crippen molar-refractivity contribution in [2.45, 2.75) is 24.9 Å². The number of rotatable bonds is 10. The Kier molecular flexibility index (Phi) is 8.19. The molecule has 0 aliphatic carbocycles. The third-order valence-corrected chi connectivity index (χ3v) is 6.26. The molecule has 4 rings (SSSR count). The van der Waals surface area contributed by atoms with Crippen molar-refractivity contribution < 1.29 is 33.4 Å². The molecular formula is C25H22FN5O6S. The van der Waals surface area contributed by atoms with E-state index in [1.54, 1.807) is 30.3 Å². The topological polar surface area (TPSA) is 176 Å². The molecule has 2 atom stereocenters. The predicted molar refractivity (Wildman–Crippen MR) is 136 cm³/mol. The zero-order valence-electron chi connectivity index (χ0n) is 19.6. The van der Waals surface area contributed by atoms with Gasteiger partial charge in [-0.3, -0.25) is 19.7 Å². The molecule has 3 amide bonds. The first-order chi connectivity index (χ1) is 18.2. The van der Waals surface area contributed by atoms with Crippen molar-refractivity contribution in [1.82, 2.24) is 20.6 Å². The third kappa shape index (κ3) is 6.83. The number of halogens is 1. The first kappa shape index (κ1) is 26.6. The van der Waals surface area contributed by atoms with Crippen LogP contribution in [0.3, 0.4) is 0 Å². The second-order valence-electron chi connectivity index (χ2n) is 8.27. The molecule has 13 heteroatoms. The molecular weight excluding hydrogens is 517 g/mol. The number of nitrogens with one attached hydrogen (secondary N) is 3. The van der Waals surface area contributed by atoms with Crippen molar-refractivity contribution in [3.05, 3.63) is 82.5 Å². The third-order valence-electron chi connectivity index (χ3n) is 5.45. The summed E-state index contributed by atoms with van der Waals surface area (Å²) in [5.41, 5.74) is 7.20. The number of carboxylic acids is 1. The Balaban J connectivity index is 1.37. The standard InChI is InChI=1S/C25H22FN5O6S/c26-18-10-17(37-16-4-1-13(2-5-16)7-21-23(33)31-25(36)38-21)6-3-14(18)8-20(24(34)35)30-22(32)19(27)9-15-11-28-12-29-15/h1-7,10-12,19-20H,8-9,27H2,(H,28,29)(H,30,32)(H,34,35)(H,31,33,36)/b21-7+. The number of carbonyl (C=O) groups is 4. The van der Waals surface area contributed by atoms with Crippen LogP contribution in [0.1, 0.15) is 16.8 Å². The molecule has 2 aromatic carbocycles. The van der Waals surface area contributed by atoms with Gasteiger partial charge in [-0.2, -0.15) is 0 Å². The minimum Gasteiger partial charge on any atom is -0.480 e. The summed E-state index contributed by atoms with van der Waals surface area (Å²) in [4.78, 5) is 53.9. The molecule has 1 aromatic heterocycles. The number of nitrogens with zero attached hydrogens (tertiary/aromatic N) is 1. The van der Waals surface area contributed by atoms with E-state index >= 15 is 0 Å². The number of benzene rings is 2. The Labute approximate surface area is 219 Å². The van der Waals surface area contributed by atoms with Crippen LogP contribution >= 0.6 is 11.8 Å². The number of H-pyrrole nitrogens is 1.